The molecule has 0 aliphatic heterocycles. The molecule has 0 spiro atoms. The van der Waals surface area contributed by atoms with E-state index in [2.05, 4.69) is 5.32 Å². The highest BCUT2D eigenvalue weighted by molar-refractivity contribution is 5.99. The number of carbonyl (C=O) groups excluding carboxylic acids is 1. The number of ether oxygens (including phenoxy) is 1. The molecule has 1 aliphatic rings. The van der Waals surface area contributed by atoms with E-state index in [-0.39, 0.29) is 5.91 Å². The van der Waals surface area contributed by atoms with Gasteiger partial charge in [-0.1, -0.05) is 18.9 Å². The van der Waals surface area contributed by atoms with Crippen molar-refractivity contribution in [3.05, 3.63) is 23.8 Å². The van der Waals surface area contributed by atoms with Crippen LogP contribution in [0, 0.1) is 6.92 Å². The first-order valence-corrected chi connectivity index (χ1v) is 6.30. The van der Waals surface area contributed by atoms with E-state index in [0.29, 0.717) is 11.4 Å². The van der Waals surface area contributed by atoms with Gasteiger partial charge in [0.05, 0.1) is 18.3 Å². The fourth-order valence-corrected chi connectivity index (χ4v) is 2.38. The molecule has 0 saturated heterocycles. The maximum Gasteiger partial charge on any atom is 0.244 e. The molecule has 0 radical (unpaired) electrons. The summed E-state index contributed by atoms with van der Waals surface area (Å²) in [5.74, 6) is 0.562. The molecule has 1 aliphatic carbocycles. The van der Waals surface area contributed by atoms with Crippen LogP contribution in [0.4, 0.5) is 5.69 Å². The molecule has 0 unspecified atom stereocenters. The molecule has 1 aromatic rings. The van der Waals surface area contributed by atoms with Crippen LogP contribution in [0.25, 0.3) is 0 Å². The zero-order valence-electron chi connectivity index (χ0n) is 11.0. The zero-order chi connectivity index (χ0) is 13.2. The highest BCUT2D eigenvalue weighted by Crippen LogP contribution is 2.31. The predicted molar refractivity (Wildman–Crippen MR) is 71.7 cm³/mol. The average molecular weight is 248 g/mol. The Balaban J connectivity index is 2.16. The van der Waals surface area contributed by atoms with E-state index < -0.39 is 5.54 Å². The first kappa shape index (κ1) is 12.9. The molecule has 0 heterocycles. The van der Waals surface area contributed by atoms with Gasteiger partial charge in [0, 0.05) is 0 Å². The van der Waals surface area contributed by atoms with Crippen LogP contribution in [0.3, 0.4) is 0 Å². The third-order valence-electron chi connectivity index (χ3n) is 3.55. The summed E-state index contributed by atoms with van der Waals surface area (Å²) in [4.78, 5) is 12.2. The maximum absolute atomic E-state index is 12.2. The standard InChI is InChI=1S/C14H20N2O2/c1-10-5-6-11(12(9-10)18-2)16-13(17)14(15)7-3-4-8-14/h5-6,9H,3-4,7-8,15H2,1-2H3,(H,16,17). The first-order valence-electron chi connectivity index (χ1n) is 6.30. The minimum atomic E-state index is -0.712. The van der Waals surface area contributed by atoms with Gasteiger partial charge in [-0.15, -0.1) is 0 Å². The van der Waals surface area contributed by atoms with Crippen molar-refractivity contribution in [2.75, 3.05) is 12.4 Å². The summed E-state index contributed by atoms with van der Waals surface area (Å²) in [5, 5.41) is 2.88. The lowest BCUT2D eigenvalue weighted by molar-refractivity contribution is -0.121. The van der Waals surface area contributed by atoms with E-state index in [1.807, 2.05) is 25.1 Å². The molecule has 3 N–H and O–H groups in total. The summed E-state index contributed by atoms with van der Waals surface area (Å²) in [5.41, 5.74) is 7.18. The number of rotatable bonds is 3. The van der Waals surface area contributed by atoms with Crippen molar-refractivity contribution >= 4 is 11.6 Å². The van der Waals surface area contributed by atoms with Gasteiger partial charge in [0.2, 0.25) is 5.91 Å². The normalized spacial score (nSPS) is 17.5. The second-order valence-electron chi connectivity index (χ2n) is 5.02. The molecule has 2 rings (SSSR count). The van der Waals surface area contributed by atoms with Crippen molar-refractivity contribution in [3.63, 3.8) is 0 Å². The predicted octanol–water partition coefficient (Wildman–Crippen LogP) is 2.21. The van der Waals surface area contributed by atoms with Crippen molar-refractivity contribution in [1.29, 1.82) is 0 Å². The topological polar surface area (TPSA) is 64.3 Å². The summed E-state index contributed by atoms with van der Waals surface area (Å²) in [6, 6.07) is 5.69. The van der Waals surface area contributed by atoms with E-state index in [1.165, 1.54) is 0 Å². The Kier molecular flexibility index (Phi) is 3.57. The molecule has 1 amide bonds. The lowest BCUT2D eigenvalue weighted by Crippen LogP contribution is -2.48. The van der Waals surface area contributed by atoms with Crippen LogP contribution < -0.4 is 15.8 Å². The number of carbonyl (C=O) groups is 1. The van der Waals surface area contributed by atoms with Gasteiger partial charge in [-0.05, 0) is 37.5 Å². The summed E-state index contributed by atoms with van der Waals surface area (Å²) in [7, 11) is 1.60. The molecular weight excluding hydrogens is 228 g/mol. The number of anilines is 1. The molecular formula is C14H20N2O2. The molecule has 98 valence electrons. The van der Waals surface area contributed by atoms with Gasteiger partial charge < -0.3 is 15.8 Å². The van der Waals surface area contributed by atoms with Crippen molar-refractivity contribution in [2.45, 2.75) is 38.1 Å². The van der Waals surface area contributed by atoms with Crippen LogP contribution in [0.15, 0.2) is 18.2 Å². The van der Waals surface area contributed by atoms with E-state index >= 15 is 0 Å². The average Bonchev–Trinajstić information content (AvgIpc) is 2.79. The molecule has 0 bridgehead atoms. The minimum Gasteiger partial charge on any atom is -0.495 e. The van der Waals surface area contributed by atoms with Crippen LogP contribution in [0.2, 0.25) is 0 Å². The Labute approximate surface area is 108 Å². The van der Waals surface area contributed by atoms with Crippen LogP contribution in [0.5, 0.6) is 5.75 Å². The number of hydrogen-bond donors (Lipinski definition) is 2. The van der Waals surface area contributed by atoms with Gasteiger partial charge in [-0.3, -0.25) is 4.79 Å². The van der Waals surface area contributed by atoms with Crippen LogP contribution in [0.1, 0.15) is 31.2 Å². The number of aryl methyl sites for hydroxylation is 1. The second kappa shape index (κ2) is 4.98. The maximum atomic E-state index is 12.2. The van der Waals surface area contributed by atoms with Gasteiger partial charge in [-0.25, -0.2) is 0 Å². The Hall–Kier alpha value is -1.55. The molecule has 0 atom stereocenters. The molecule has 4 heteroatoms. The fourth-order valence-electron chi connectivity index (χ4n) is 2.38. The van der Waals surface area contributed by atoms with Crippen LogP contribution >= 0.6 is 0 Å². The van der Waals surface area contributed by atoms with E-state index in [1.54, 1.807) is 7.11 Å². The van der Waals surface area contributed by atoms with Crippen LogP contribution in [-0.2, 0) is 4.79 Å². The van der Waals surface area contributed by atoms with Gasteiger partial charge in [-0.2, -0.15) is 0 Å². The zero-order valence-corrected chi connectivity index (χ0v) is 11.0. The summed E-state index contributed by atoms with van der Waals surface area (Å²) in [6.45, 7) is 1.98. The summed E-state index contributed by atoms with van der Waals surface area (Å²) in [6.07, 6.45) is 3.56. The Morgan fingerprint density at radius 2 is 2.06 bits per heavy atom. The summed E-state index contributed by atoms with van der Waals surface area (Å²) < 4.78 is 5.27. The van der Waals surface area contributed by atoms with E-state index in [0.717, 1.165) is 31.2 Å². The minimum absolute atomic E-state index is 0.109. The molecule has 1 fully saturated rings. The third-order valence-corrected chi connectivity index (χ3v) is 3.55. The largest absolute Gasteiger partial charge is 0.495 e. The highest BCUT2D eigenvalue weighted by atomic mass is 16.5. The number of nitrogens with two attached hydrogens (primary N) is 1. The molecule has 1 saturated carbocycles. The number of benzene rings is 1. The molecule has 4 nitrogen and oxygen atoms in total. The van der Waals surface area contributed by atoms with E-state index in [9.17, 15) is 4.79 Å². The van der Waals surface area contributed by atoms with Crippen molar-refractivity contribution < 1.29 is 9.53 Å². The number of methoxy groups -OCH3 is 1. The quantitative estimate of drug-likeness (QED) is 0.862. The van der Waals surface area contributed by atoms with Gasteiger partial charge in [0.25, 0.3) is 0 Å². The first-order chi connectivity index (χ1) is 8.55. The monoisotopic (exact) mass is 248 g/mol. The Morgan fingerprint density at radius 1 is 1.39 bits per heavy atom. The summed E-state index contributed by atoms with van der Waals surface area (Å²) >= 11 is 0. The Bertz CT molecular complexity index is 451. The highest BCUT2D eigenvalue weighted by Gasteiger charge is 2.37. The SMILES string of the molecule is COc1cc(C)ccc1NC(=O)C1(N)CCCC1. The van der Waals surface area contributed by atoms with Crippen molar-refractivity contribution in [1.82, 2.24) is 0 Å². The van der Waals surface area contributed by atoms with Gasteiger partial charge in [0.15, 0.2) is 0 Å². The number of hydrogen-bond acceptors (Lipinski definition) is 3. The van der Waals surface area contributed by atoms with Crippen molar-refractivity contribution in [2.24, 2.45) is 5.73 Å². The second-order valence-corrected chi connectivity index (χ2v) is 5.02. The molecule has 0 aromatic heterocycles. The van der Waals surface area contributed by atoms with Gasteiger partial charge >= 0.3 is 0 Å². The van der Waals surface area contributed by atoms with Crippen molar-refractivity contribution in [3.8, 4) is 5.75 Å². The smallest absolute Gasteiger partial charge is 0.244 e. The number of amides is 1. The molecule has 1 aromatic carbocycles. The number of nitrogens with one attached hydrogen (secondary N) is 1. The third kappa shape index (κ3) is 2.48. The Morgan fingerprint density at radius 3 is 2.67 bits per heavy atom. The van der Waals surface area contributed by atoms with Gasteiger partial charge in [0.1, 0.15) is 5.75 Å². The molecule has 18 heavy (non-hydrogen) atoms. The lowest BCUT2D eigenvalue weighted by atomic mass is 9.98. The van der Waals surface area contributed by atoms with E-state index in [4.69, 9.17) is 10.5 Å². The van der Waals surface area contributed by atoms with Crippen LogP contribution in [-0.4, -0.2) is 18.6 Å². The fraction of sp³-hybridized carbons (Fsp3) is 0.500. The lowest BCUT2D eigenvalue weighted by Gasteiger charge is -2.23.